The highest BCUT2D eigenvalue weighted by atomic mass is 79.9. The van der Waals surface area contributed by atoms with Crippen molar-refractivity contribution < 1.29 is 32.3 Å². The van der Waals surface area contributed by atoms with E-state index in [1.54, 1.807) is 29.2 Å². The van der Waals surface area contributed by atoms with Crippen LogP contribution in [0.1, 0.15) is 42.0 Å². The van der Waals surface area contributed by atoms with E-state index in [0.717, 1.165) is 53.2 Å². The van der Waals surface area contributed by atoms with Gasteiger partial charge in [-0.2, -0.15) is 18.4 Å². The number of benzene rings is 3. The molecule has 0 N–H and O–H groups in total. The first kappa shape index (κ1) is 35.5. The zero-order valence-corrected chi connectivity index (χ0v) is 28.0. The van der Waals surface area contributed by atoms with Gasteiger partial charge in [0.05, 0.1) is 74.8 Å². The molecule has 1 amide bonds. The van der Waals surface area contributed by atoms with Crippen LogP contribution in [-0.4, -0.2) is 68.2 Å². The number of anilines is 1. The first-order valence-corrected chi connectivity index (χ1v) is 15.2. The van der Waals surface area contributed by atoms with Gasteiger partial charge >= 0.3 is 6.18 Å². The number of aliphatic imine (C=N–C) groups is 1. The second kappa shape index (κ2) is 15.0. The lowest BCUT2D eigenvalue weighted by Crippen LogP contribution is -2.44. The van der Waals surface area contributed by atoms with E-state index in [2.05, 4.69) is 19.1 Å². The summed E-state index contributed by atoms with van der Waals surface area (Å²) in [6.07, 6.45) is -2.15. The number of alkyl halides is 3. The molecule has 0 bridgehead atoms. The molecular weight excluding hydrogens is 675 g/mol. The molecule has 0 saturated heterocycles. The van der Waals surface area contributed by atoms with E-state index >= 15 is 0 Å². The van der Waals surface area contributed by atoms with Gasteiger partial charge in [-0.3, -0.25) is 9.79 Å². The molecule has 0 aliphatic carbocycles. The highest BCUT2D eigenvalue weighted by Crippen LogP contribution is 2.41. The highest BCUT2D eigenvalue weighted by Gasteiger charge is 2.41. The number of carbonyl (C=O) groups is 1. The number of para-hydroxylation sites is 1. The molecule has 12 heteroatoms. The van der Waals surface area contributed by atoms with Crippen molar-refractivity contribution in [2.75, 3.05) is 51.8 Å². The van der Waals surface area contributed by atoms with Crippen LogP contribution in [0, 0.1) is 11.3 Å². The highest BCUT2D eigenvalue weighted by molar-refractivity contribution is 8.93. The summed E-state index contributed by atoms with van der Waals surface area (Å²) in [7, 11) is 4.32. The molecule has 0 spiro atoms. The van der Waals surface area contributed by atoms with Gasteiger partial charge in [-0.15, -0.1) is 17.0 Å². The van der Waals surface area contributed by atoms with E-state index in [-0.39, 0.29) is 40.7 Å². The van der Waals surface area contributed by atoms with E-state index in [1.807, 2.05) is 36.4 Å². The smallest absolute Gasteiger partial charge is 0.416 e. The lowest BCUT2D eigenvalue weighted by atomic mass is 9.95. The van der Waals surface area contributed by atoms with Gasteiger partial charge in [0.25, 0.3) is 5.91 Å². The zero-order chi connectivity index (χ0) is 32.9. The van der Waals surface area contributed by atoms with Crippen LogP contribution >= 0.6 is 17.0 Å². The molecule has 2 heterocycles. The fraction of sp³-hybridized carbons (Fsp3) is 0.343. The molecule has 5 rings (SSSR count). The minimum absolute atomic E-state index is 0. The third kappa shape index (κ3) is 8.53. The second-order valence-corrected chi connectivity index (χ2v) is 12.1. The van der Waals surface area contributed by atoms with Gasteiger partial charge in [0.1, 0.15) is 11.8 Å². The number of amidine groups is 1. The van der Waals surface area contributed by atoms with Crippen molar-refractivity contribution in [3.05, 3.63) is 107 Å². The van der Waals surface area contributed by atoms with Crippen LogP contribution < -0.4 is 14.7 Å². The summed E-state index contributed by atoms with van der Waals surface area (Å²) in [5.41, 5.74) is 0.649. The van der Waals surface area contributed by atoms with Gasteiger partial charge in [-0.25, -0.2) is 0 Å². The van der Waals surface area contributed by atoms with E-state index < -0.39 is 23.8 Å². The van der Waals surface area contributed by atoms with E-state index in [0.29, 0.717) is 36.4 Å². The molecular formula is C35H37BrF3N5O3. The predicted octanol–water partition coefficient (Wildman–Crippen LogP) is 5.85. The number of ether oxygens (including phenoxy) is 1. The third-order valence-electron chi connectivity index (χ3n) is 8.29. The Kier molecular flexibility index (Phi) is 11.4. The standard InChI is InChI=1S/C35H36F3N5O3.BrH/c1-43(2,20-9-21-46-29-12-4-3-5-13-29)19-7-6-18-41-24-30-31(33(41)44)32(26-16-14-25(23-39)15-17-26)40-34(45)42(30)28-11-8-10-27(22-28)35(36,37)38;/h3-5,8,10-17,22,32H,6-7,9,18-21,24H2,1-2H3;1H/t32-;/m1./s1. The van der Waals surface area contributed by atoms with E-state index in [1.165, 1.54) is 12.1 Å². The first-order valence-electron chi connectivity index (χ1n) is 15.2. The Morgan fingerprint density at radius 2 is 1.70 bits per heavy atom. The van der Waals surface area contributed by atoms with Crippen molar-refractivity contribution in [3.8, 4) is 11.8 Å². The maximum absolute atomic E-state index is 13.9. The maximum Gasteiger partial charge on any atom is 0.416 e. The Balaban J connectivity index is 0.00000500. The monoisotopic (exact) mass is 711 g/mol. The molecule has 0 aromatic heterocycles. The molecule has 3 aromatic rings. The number of nitrogens with zero attached hydrogens (tertiary/aromatic N) is 5. The van der Waals surface area contributed by atoms with Crippen LogP contribution in [0.3, 0.4) is 0 Å². The van der Waals surface area contributed by atoms with Crippen LogP contribution in [0.25, 0.3) is 0 Å². The quantitative estimate of drug-likeness (QED) is 0.174. The molecule has 0 unspecified atom stereocenters. The van der Waals surface area contributed by atoms with E-state index in [4.69, 9.17) is 4.74 Å². The van der Waals surface area contributed by atoms with Gasteiger partial charge in [-0.1, -0.05) is 36.4 Å². The molecule has 3 aromatic carbocycles. The summed E-state index contributed by atoms with van der Waals surface area (Å²) in [5, 5.41) is 22.6. The van der Waals surface area contributed by atoms with E-state index in [9.17, 15) is 28.3 Å². The second-order valence-electron chi connectivity index (χ2n) is 12.1. The molecule has 47 heavy (non-hydrogen) atoms. The van der Waals surface area contributed by atoms with Gasteiger partial charge in [0, 0.05) is 18.7 Å². The number of amides is 1. The summed E-state index contributed by atoms with van der Waals surface area (Å²) < 4.78 is 47.3. The molecule has 0 saturated carbocycles. The van der Waals surface area contributed by atoms with Crippen molar-refractivity contribution in [1.82, 2.24) is 4.90 Å². The number of carbonyl (C=O) groups excluding carboxylic acids is 1. The molecule has 0 radical (unpaired) electrons. The fourth-order valence-electron chi connectivity index (χ4n) is 5.85. The molecule has 2 aliphatic heterocycles. The number of rotatable bonds is 12. The van der Waals surface area contributed by atoms with Crippen LogP contribution in [0.5, 0.6) is 5.75 Å². The maximum atomic E-state index is 13.9. The van der Waals surface area contributed by atoms with Gasteiger partial charge in [0.2, 0.25) is 0 Å². The summed E-state index contributed by atoms with van der Waals surface area (Å²) in [4.78, 5) is 20.9. The number of hydrogen-bond acceptors (Lipinski definition) is 6. The Labute approximate surface area is 283 Å². The molecule has 248 valence electrons. The van der Waals surface area contributed by atoms with Crippen molar-refractivity contribution in [2.45, 2.75) is 31.5 Å². The number of quaternary nitrogens is 1. The Hall–Kier alpha value is -4.34. The average Bonchev–Trinajstić information content (AvgIpc) is 3.36. The van der Waals surface area contributed by atoms with Crippen molar-refractivity contribution in [1.29, 1.82) is 5.26 Å². The summed E-state index contributed by atoms with van der Waals surface area (Å²) in [6.45, 7) is 2.94. The summed E-state index contributed by atoms with van der Waals surface area (Å²) >= 11 is 0. The Morgan fingerprint density at radius 3 is 2.38 bits per heavy atom. The lowest BCUT2D eigenvalue weighted by Gasteiger charge is -2.36. The number of unbranched alkanes of at least 4 members (excludes halogenated alkanes) is 1. The zero-order valence-electron chi connectivity index (χ0n) is 26.2. The molecule has 0 fully saturated rings. The predicted molar refractivity (Wildman–Crippen MR) is 177 cm³/mol. The number of hydrogen-bond donors (Lipinski definition) is 0. The lowest BCUT2D eigenvalue weighted by molar-refractivity contribution is -0.890. The summed E-state index contributed by atoms with van der Waals surface area (Å²) in [5.74, 6) is 0.548. The Bertz CT molecular complexity index is 1650. The average molecular weight is 713 g/mol. The molecule has 2 aliphatic rings. The Morgan fingerprint density at radius 1 is 1.00 bits per heavy atom. The topological polar surface area (TPSA) is 92.0 Å². The van der Waals surface area contributed by atoms with Gasteiger partial charge in [0.15, 0.2) is 0 Å². The largest absolute Gasteiger partial charge is 0.846 e. The van der Waals surface area contributed by atoms with Crippen molar-refractivity contribution >= 4 is 34.6 Å². The van der Waals surface area contributed by atoms with Crippen molar-refractivity contribution in [2.24, 2.45) is 4.99 Å². The molecule has 8 nitrogen and oxygen atoms in total. The van der Waals surface area contributed by atoms with Crippen LogP contribution in [0.4, 0.5) is 18.9 Å². The van der Waals surface area contributed by atoms with Gasteiger partial charge < -0.3 is 24.1 Å². The van der Waals surface area contributed by atoms with Crippen LogP contribution in [-0.2, 0) is 11.0 Å². The number of nitriles is 1. The first-order chi connectivity index (χ1) is 22.0. The molecule has 1 atom stereocenters. The minimum atomic E-state index is -4.60. The van der Waals surface area contributed by atoms with Gasteiger partial charge in [-0.05, 0) is 60.9 Å². The normalized spacial score (nSPS) is 16.4. The van der Waals surface area contributed by atoms with Crippen LogP contribution in [0.15, 0.2) is 95.1 Å². The third-order valence-corrected chi connectivity index (χ3v) is 8.29. The van der Waals surface area contributed by atoms with Crippen LogP contribution in [0.2, 0.25) is 0 Å². The summed E-state index contributed by atoms with van der Waals surface area (Å²) in [6, 6.07) is 21.0. The fourth-order valence-corrected chi connectivity index (χ4v) is 5.85. The minimum Gasteiger partial charge on any atom is -0.846 e. The number of halogens is 4. The SMILES string of the molecule is Br.C[N+](C)(CCCCN1CC2=C(C1=O)[C@@H](c1ccc(C#N)cc1)N=C([O-])N2c1cccc(C(F)(F)F)c1)CCCOc1ccccc1. The van der Waals surface area contributed by atoms with Crippen molar-refractivity contribution in [3.63, 3.8) is 0 Å².